The second-order valence-corrected chi connectivity index (χ2v) is 7.88. The van der Waals surface area contributed by atoms with E-state index in [1.165, 1.54) is 45.3 Å². The first-order valence-electron chi connectivity index (χ1n) is 10.1. The van der Waals surface area contributed by atoms with Gasteiger partial charge in [-0.1, -0.05) is 39.2 Å². The van der Waals surface area contributed by atoms with Gasteiger partial charge in [-0.3, -0.25) is 10.1 Å². The molecule has 2 rings (SSSR count). The molecular formula is C21H32N2O5. The number of nitro groups is 1. The van der Waals surface area contributed by atoms with Crippen molar-refractivity contribution in [2.75, 3.05) is 19.0 Å². The second kappa shape index (κ2) is 10.4. The fourth-order valence-corrected chi connectivity index (χ4v) is 3.92. The van der Waals surface area contributed by atoms with Crippen molar-refractivity contribution < 1.29 is 19.2 Å². The SMILES string of the molecule is COC(=O)COC(C)c1ccc(NC(C(C)C)C2CCCCC2)c([N+](=O)[O-])c1. The summed E-state index contributed by atoms with van der Waals surface area (Å²) >= 11 is 0. The molecule has 156 valence electrons. The quantitative estimate of drug-likeness (QED) is 0.366. The van der Waals surface area contributed by atoms with Crippen LogP contribution in [0.3, 0.4) is 0 Å². The number of hydrogen-bond donors (Lipinski definition) is 1. The van der Waals surface area contributed by atoms with Gasteiger partial charge in [0.2, 0.25) is 0 Å². The van der Waals surface area contributed by atoms with Crippen LogP contribution in [-0.4, -0.2) is 30.7 Å². The van der Waals surface area contributed by atoms with E-state index < -0.39 is 12.1 Å². The molecule has 1 aromatic carbocycles. The van der Waals surface area contributed by atoms with Gasteiger partial charge in [0.15, 0.2) is 0 Å². The Labute approximate surface area is 166 Å². The van der Waals surface area contributed by atoms with Crippen LogP contribution in [0.25, 0.3) is 0 Å². The van der Waals surface area contributed by atoms with Gasteiger partial charge in [-0.25, -0.2) is 4.79 Å². The maximum atomic E-state index is 11.7. The van der Waals surface area contributed by atoms with Gasteiger partial charge in [0.1, 0.15) is 12.3 Å². The highest BCUT2D eigenvalue weighted by atomic mass is 16.6. The third-order valence-corrected chi connectivity index (χ3v) is 5.56. The Morgan fingerprint density at radius 3 is 2.50 bits per heavy atom. The van der Waals surface area contributed by atoms with Crippen LogP contribution in [0.2, 0.25) is 0 Å². The number of rotatable bonds is 9. The van der Waals surface area contributed by atoms with E-state index in [1.807, 2.05) is 6.07 Å². The van der Waals surface area contributed by atoms with Gasteiger partial charge in [-0.15, -0.1) is 0 Å². The Hall–Kier alpha value is -2.15. The van der Waals surface area contributed by atoms with Crippen molar-refractivity contribution in [2.45, 2.75) is 65.0 Å². The number of anilines is 1. The number of carbonyl (C=O) groups excluding carboxylic acids is 1. The summed E-state index contributed by atoms with van der Waals surface area (Å²) in [7, 11) is 1.29. The number of esters is 1. The number of nitrogens with one attached hydrogen (secondary N) is 1. The highest BCUT2D eigenvalue weighted by Crippen LogP contribution is 2.35. The van der Waals surface area contributed by atoms with Crippen molar-refractivity contribution in [3.8, 4) is 0 Å². The summed E-state index contributed by atoms with van der Waals surface area (Å²) in [5.74, 6) is 0.437. The lowest BCUT2D eigenvalue weighted by Gasteiger charge is -2.34. The third-order valence-electron chi connectivity index (χ3n) is 5.56. The molecule has 7 heteroatoms. The van der Waals surface area contributed by atoms with Crippen molar-refractivity contribution in [2.24, 2.45) is 11.8 Å². The predicted molar refractivity (Wildman–Crippen MR) is 108 cm³/mol. The molecule has 0 saturated heterocycles. The van der Waals surface area contributed by atoms with Crippen LogP contribution in [0, 0.1) is 22.0 Å². The van der Waals surface area contributed by atoms with Crippen molar-refractivity contribution in [1.29, 1.82) is 0 Å². The molecule has 0 radical (unpaired) electrons. The van der Waals surface area contributed by atoms with E-state index in [1.54, 1.807) is 13.0 Å². The van der Waals surface area contributed by atoms with Gasteiger partial charge in [0.05, 0.1) is 18.1 Å². The van der Waals surface area contributed by atoms with Crippen LogP contribution in [0.5, 0.6) is 0 Å². The molecule has 0 heterocycles. The average molecular weight is 392 g/mol. The maximum Gasteiger partial charge on any atom is 0.331 e. The molecule has 0 aliphatic heterocycles. The highest BCUT2D eigenvalue weighted by Gasteiger charge is 2.28. The minimum atomic E-state index is -0.480. The topological polar surface area (TPSA) is 90.7 Å². The summed E-state index contributed by atoms with van der Waals surface area (Å²) < 4.78 is 10.0. The number of nitrogens with zero attached hydrogens (tertiary/aromatic N) is 1. The first-order chi connectivity index (χ1) is 13.3. The smallest absolute Gasteiger partial charge is 0.331 e. The molecule has 1 fully saturated rings. The predicted octanol–water partition coefficient (Wildman–Crippen LogP) is 4.86. The zero-order chi connectivity index (χ0) is 20.7. The summed E-state index contributed by atoms with van der Waals surface area (Å²) in [5.41, 5.74) is 1.23. The minimum Gasteiger partial charge on any atom is -0.467 e. The van der Waals surface area contributed by atoms with Crippen LogP contribution in [0.1, 0.15) is 64.5 Å². The summed E-state index contributed by atoms with van der Waals surface area (Å²) in [6.45, 7) is 5.89. The van der Waals surface area contributed by atoms with Crippen LogP contribution in [0.4, 0.5) is 11.4 Å². The lowest BCUT2D eigenvalue weighted by atomic mass is 9.79. The third kappa shape index (κ3) is 5.92. The molecule has 1 aliphatic carbocycles. The molecule has 1 aromatic rings. The van der Waals surface area contributed by atoms with Crippen LogP contribution in [-0.2, 0) is 14.3 Å². The van der Waals surface area contributed by atoms with E-state index in [9.17, 15) is 14.9 Å². The van der Waals surface area contributed by atoms with Crippen molar-refractivity contribution >= 4 is 17.3 Å². The largest absolute Gasteiger partial charge is 0.467 e. The van der Waals surface area contributed by atoms with Crippen LogP contribution < -0.4 is 5.32 Å². The molecule has 1 saturated carbocycles. The number of hydrogen-bond acceptors (Lipinski definition) is 6. The maximum absolute atomic E-state index is 11.7. The van der Waals surface area contributed by atoms with Gasteiger partial charge >= 0.3 is 5.97 Å². The Morgan fingerprint density at radius 2 is 1.93 bits per heavy atom. The van der Waals surface area contributed by atoms with E-state index in [4.69, 9.17) is 4.74 Å². The number of ether oxygens (including phenoxy) is 2. The number of nitro benzene ring substituents is 1. The number of methoxy groups -OCH3 is 1. The van der Waals surface area contributed by atoms with E-state index in [2.05, 4.69) is 23.9 Å². The molecule has 2 atom stereocenters. The Bertz CT molecular complexity index is 671. The lowest BCUT2D eigenvalue weighted by molar-refractivity contribution is -0.384. The van der Waals surface area contributed by atoms with Crippen molar-refractivity contribution in [1.82, 2.24) is 0 Å². The highest BCUT2D eigenvalue weighted by molar-refractivity contribution is 5.70. The zero-order valence-corrected chi connectivity index (χ0v) is 17.3. The summed E-state index contributed by atoms with van der Waals surface area (Å²) in [4.78, 5) is 22.6. The molecule has 2 unspecified atom stereocenters. The molecular weight excluding hydrogens is 360 g/mol. The van der Waals surface area contributed by atoms with E-state index in [0.29, 0.717) is 23.1 Å². The van der Waals surface area contributed by atoms with Gasteiger partial charge in [-0.05, 0) is 43.2 Å². The van der Waals surface area contributed by atoms with Gasteiger partial charge in [0.25, 0.3) is 5.69 Å². The zero-order valence-electron chi connectivity index (χ0n) is 17.3. The van der Waals surface area contributed by atoms with E-state index in [-0.39, 0.29) is 23.3 Å². The summed E-state index contributed by atoms with van der Waals surface area (Å²) in [5, 5.41) is 15.2. The van der Waals surface area contributed by atoms with Crippen molar-refractivity contribution in [3.05, 3.63) is 33.9 Å². The molecule has 1 aliphatic rings. The summed E-state index contributed by atoms with van der Waals surface area (Å²) in [6, 6.07) is 5.31. The second-order valence-electron chi connectivity index (χ2n) is 7.88. The molecule has 28 heavy (non-hydrogen) atoms. The lowest BCUT2D eigenvalue weighted by Crippen LogP contribution is -2.35. The number of benzene rings is 1. The van der Waals surface area contributed by atoms with E-state index >= 15 is 0 Å². The molecule has 1 N–H and O–H groups in total. The Kier molecular flexibility index (Phi) is 8.23. The first kappa shape index (κ1) is 22.1. The summed E-state index contributed by atoms with van der Waals surface area (Å²) in [6.07, 6.45) is 5.61. The van der Waals surface area contributed by atoms with Crippen LogP contribution >= 0.6 is 0 Å². The van der Waals surface area contributed by atoms with Crippen molar-refractivity contribution in [3.63, 3.8) is 0 Å². The molecule has 0 amide bonds. The Morgan fingerprint density at radius 1 is 1.25 bits per heavy atom. The first-order valence-corrected chi connectivity index (χ1v) is 10.1. The molecule has 7 nitrogen and oxygen atoms in total. The van der Waals surface area contributed by atoms with Crippen LogP contribution in [0.15, 0.2) is 18.2 Å². The monoisotopic (exact) mass is 392 g/mol. The molecule has 0 bridgehead atoms. The Balaban J connectivity index is 2.19. The fraction of sp³-hybridized carbons (Fsp3) is 0.667. The van der Waals surface area contributed by atoms with Gasteiger partial charge < -0.3 is 14.8 Å². The molecule has 0 spiro atoms. The molecule has 0 aromatic heterocycles. The number of carbonyl (C=O) groups is 1. The fourth-order valence-electron chi connectivity index (χ4n) is 3.92. The van der Waals surface area contributed by atoms with Gasteiger partial charge in [0, 0.05) is 12.1 Å². The van der Waals surface area contributed by atoms with E-state index in [0.717, 1.165) is 0 Å². The minimum absolute atomic E-state index is 0.0347. The average Bonchev–Trinajstić information content (AvgIpc) is 2.70. The normalized spacial score (nSPS) is 17.2. The standard InChI is InChI=1S/C21H32N2O5/c1-14(2)21(16-8-6-5-7-9-16)22-18-11-10-17(12-19(18)23(25)26)15(3)28-13-20(24)27-4/h10-12,14-16,21-22H,5-9,13H2,1-4H3. The van der Waals surface area contributed by atoms with Gasteiger partial charge in [-0.2, -0.15) is 0 Å².